The Labute approximate surface area is 133 Å². The molecule has 22 heavy (non-hydrogen) atoms. The average molecular weight is 292 g/mol. The predicted molar refractivity (Wildman–Crippen MR) is 92.3 cm³/mol. The van der Waals surface area contributed by atoms with Crippen LogP contribution in [0.5, 0.6) is 0 Å². The summed E-state index contributed by atoms with van der Waals surface area (Å²) in [6, 6.07) is 22.1. The fourth-order valence-corrected chi connectivity index (χ4v) is 3.14. The Morgan fingerprint density at radius 1 is 0.909 bits per heavy atom. The molecular formula is C20H24N2. The van der Waals surface area contributed by atoms with E-state index in [0.717, 1.165) is 26.1 Å². The molecule has 0 bridgehead atoms. The van der Waals surface area contributed by atoms with Gasteiger partial charge in [-0.05, 0) is 17.5 Å². The van der Waals surface area contributed by atoms with Crippen LogP contribution < -0.4 is 5.32 Å². The topological polar surface area (TPSA) is 15.3 Å². The van der Waals surface area contributed by atoms with Gasteiger partial charge in [-0.2, -0.15) is 0 Å². The minimum absolute atomic E-state index is 0.564. The van der Waals surface area contributed by atoms with Crippen LogP contribution in [0.25, 0.3) is 0 Å². The second-order valence-electron chi connectivity index (χ2n) is 6.05. The van der Waals surface area contributed by atoms with E-state index in [2.05, 4.69) is 77.5 Å². The molecular weight excluding hydrogens is 268 g/mol. The molecule has 0 amide bonds. The average Bonchev–Trinajstić information content (AvgIpc) is 2.56. The summed E-state index contributed by atoms with van der Waals surface area (Å²) in [5.41, 5.74) is 3.92. The third-order valence-corrected chi connectivity index (χ3v) is 4.31. The van der Waals surface area contributed by atoms with E-state index in [1.54, 1.807) is 0 Å². The van der Waals surface area contributed by atoms with Crippen molar-refractivity contribution >= 4 is 0 Å². The van der Waals surface area contributed by atoms with Gasteiger partial charge in [0.05, 0.1) is 0 Å². The zero-order chi connectivity index (χ0) is 15.2. The summed E-state index contributed by atoms with van der Waals surface area (Å²) in [6.07, 6.45) is 2.22. The molecule has 2 nitrogen and oxygen atoms in total. The van der Waals surface area contributed by atoms with Crippen molar-refractivity contribution in [2.75, 3.05) is 6.54 Å². The van der Waals surface area contributed by atoms with Crippen molar-refractivity contribution < 1.29 is 0 Å². The molecule has 1 heterocycles. The van der Waals surface area contributed by atoms with Gasteiger partial charge in [0, 0.05) is 37.8 Å². The van der Waals surface area contributed by atoms with E-state index in [4.69, 9.17) is 0 Å². The lowest BCUT2D eigenvalue weighted by atomic mass is 10.0. The molecule has 1 atom stereocenters. The Morgan fingerprint density at radius 2 is 1.45 bits per heavy atom. The van der Waals surface area contributed by atoms with Gasteiger partial charge in [-0.25, -0.2) is 0 Å². The molecule has 0 aromatic heterocycles. The smallest absolute Gasteiger partial charge is 0.0240 e. The molecule has 3 rings (SSSR count). The van der Waals surface area contributed by atoms with Crippen LogP contribution in [0.1, 0.15) is 24.0 Å². The monoisotopic (exact) mass is 292 g/mol. The lowest BCUT2D eigenvalue weighted by molar-refractivity contribution is 0.156. The highest BCUT2D eigenvalue weighted by Gasteiger charge is 2.22. The Bertz CT molecular complexity index is 550. The first-order valence-electron chi connectivity index (χ1n) is 8.05. The highest BCUT2D eigenvalue weighted by atomic mass is 15.2. The van der Waals surface area contributed by atoms with Gasteiger partial charge in [0.15, 0.2) is 0 Å². The van der Waals surface area contributed by atoms with Gasteiger partial charge >= 0.3 is 0 Å². The van der Waals surface area contributed by atoms with Crippen LogP contribution >= 0.6 is 0 Å². The summed E-state index contributed by atoms with van der Waals surface area (Å²) in [5.74, 6) is 0. The fourth-order valence-electron chi connectivity index (χ4n) is 3.14. The number of hydrogen-bond acceptors (Lipinski definition) is 2. The van der Waals surface area contributed by atoms with E-state index in [0.29, 0.717) is 6.04 Å². The van der Waals surface area contributed by atoms with Gasteiger partial charge < -0.3 is 5.32 Å². The molecule has 0 aliphatic carbocycles. The van der Waals surface area contributed by atoms with Crippen molar-refractivity contribution in [2.24, 2.45) is 0 Å². The number of piperidine rings is 1. The Kier molecular flexibility index (Phi) is 4.92. The van der Waals surface area contributed by atoms with E-state index in [1.165, 1.54) is 23.2 Å². The highest BCUT2D eigenvalue weighted by molar-refractivity contribution is 5.18. The van der Waals surface area contributed by atoms with Crippen LogP contribution in [0.3, 0.4) is 0 Å². The van der Waals surface area contributed by atoms with Gasteiger partial charge in [0.1, 0.15) is 0 Å². The van der Waals surface area contributed by atoms with Gasteiger partial charge in [-0.1, -0.05) is 67.2 Å². The van der Waals surface area contributed by atoms with Crippen LogP contribution in [-0.4, -0.2) is 17.5 Å². The molecule has 1 aliphatic rings. The van der Waals surface area contributed by atoms with E-state index >= 15 is 0 Å². The van der Waals surface area contributed by atoms with Crippen LogP contribution in [-0.2, 0) is 13.1 Å². The molecule has 114 valence electrons. The third-order valence-electron chi connectivity index (χ3n) is 4.31. The second-order valence-corrected chi connectivity index (χ2v) is 6.05. The Balaban J connectivity index is 1.76. The molecule has 2 heteroatoms. The normalized spacial score (nSPS) is 18.2. The van der Waals surface area contributed by atoms with Crippen LogP contribution in [0.2, 0.25) is 0 Å². The van der Waals surface area contributed by atoms with Crippen LogP contribution in [0, 0.1) is 0 Å². The minimum Gasteiger partial charge on any atom is -0.389 e. The largest absolute Gasteiger partial charge is 0.389 e. The maximum Gasteiger partial charge on any atom is 0.0240 e. The second kappa shape index (κ2) is 7.28. The predicted octanol–water partition coefficient (Wildman–Crippen LogP) is 3.95. The molecule has 1 N–H and O–H groups in total. The summed E-state index contributed by atoms with van der Waals surface area (Å²) in [5, 5.41) is 3.37. The SMILES string of the molecule is C=C1CC(N(Cc2ccccc2)Cc2ccccc2)CCN1. The lowest BCUT2D eigenvalue weighted by Crippen LogP contribution is -2.41. The molecule has 1 fully saturated rings. The summed E-state index contributed by atoms with van der Waals surface area (Å²) in [4.78, 5) is 2.59. The van der Waals surface area contributed by atoms with E-state index in [-0.39, 0.29) is 0 Å². The van der Waals surface area contributed by atoms with E-state index in [1.807, 2.05) is 0 Å². The summed E-state index contributed by atoms with van der Waals surface area (Å²) in [6.45, 7) is 7.14. The molecule has 1 unspecified atom stereocenters. The molecule has 1 aliphatic heterocycles. The summed E-state index contributed by atoms with van der Waals surface area (Å²) >= 11 is 0. The first-order chi connectivity index (χ1) is 10.8. The number of rotatable bonds is 5. The van der Waals surface area contributed by atoms with Crippen LogP contribution in [0.15, 0.2) is 72.9 Å². The van der Waals surface area contributed by atoms with Crippen molar-refractivity contribution in [3.63, 3.8) is 0 Å². The van der Waals surface area contributed by atoms with Crippen molar-refractivity contribution in [3.05, 3.63) is 84.1 Å². The Morgan fingerprint density at radius 3 is 1.95 bits per heavy atom. The van der Waals surface area contributed by atoms with Crippen molar-refractivity contribution in [2.45, 2.75) is 32.0 Å². The first-order valence-corrected chi connectivity index (χ1v) is 8.05. The maximum atomic E-state index is 4.12. The molecule has 1 saturated heterocycles. The highest BCUT2D eigenvalue weighted by Crippen LogP contribution is 2.21. The van der Waals surface area contributed by atoms with Gasteiger partial charge in [0.25, 0.3) is 0 Å². The standard InChI is InChI=1S/C20H24N2/c1-17-14-20(12-13-21-17)22(15-18-8-4-2-5-9-18)16-19-10-6-3-7-11-19/h2-11,20-21H,1,12-16H2. The lowest BCUT2D eigenvalue weighted by Gasteiger charge is -2.36. The third kappa shape index (κ3) is 3.99. The number of hydrogen-bond donors (Lipinski definition) is 1. The minimum atomic E-state index is 0.564. The Hall–Kier alpha value is -2.06. The number of nitrogens with zero attached hydrogens (tertiary/aromatic N) is 1. The van der Waals surface area contributed by atoms with E-state index in [9.17, 15) is 0 Å². The molecule has 2 aromatic rings. The van der Waals surface area contributed by atoms with Gasteiger partial charge in [-0.3, -0.25) is 4.90 Å². The first kappa shape index (κ1) is 14.9. The zero-order valence-corrected chi connectivity index (χ0v) is 13.0. The zero-order valence-electron chi connectivity index (χ0n) is 13.0. The van der Waals surface area contributed by atoms with Crippen molar-refractivity contribution in [1.29, 1.82) is 0 Å². The van der Waals surface area contributed by atoms with E-state index < -0.39 is 0 Å². The fraction of sp³-hybridized carbons (Fsp3) is 0.300. The molecule has 0 radical (unpaired) electrons. The number of nitrogens with one attached hydrogen (secondary N) is 1. The van der Waals surface area contributed by atoms with Crippen molar-refractivity contribution in [3.8, 4) is 0 Å². The molecule has 0 spiro atoms. The quantitative estimate of drug-likeness (QED) is 0.897. The number of benzene rings is 2. The van der Waals surface area contributed by atoms with Crippen molar-refractivity contribution in [1.82, 2.24) is 10.2 Å². The molecule has 2 aromatic carbocycles. The maximum absolute atomic E-state index is 4.12. The van der Waals surface area contributed by atoms with Gasteiger partial charge in [-0.15, -0.1) is 0 Å². The molecule has 0 saturated carbocycles. The van der Waals surface area contributed by atoms with Crippen LogP contribution in [0.4, 0.5) is 0 Å². The summed E-state index contributed by atoms with van der Waals surface area (Å²) < 4.78 is 0. The summed E-state index contributed by atoms with van der Waals surface area (Å²) in [7, 11) is 0. The van der Waals surface area contributed by atoms with Gasteiger partial charge in [0.2, 0.25) is 0 Å².